The Labute approximate surface area is 129 Å². The molecule has 1 saturated carbocycles. The summed E-state index contributed by atoms with van der Waals surface area (Å²) >= 11 is 0. The predicted octanol–water partition coefficient (Wildman–Crippen LogP) is 1.91. The second kappa shape index (κ2) is 7.40. The van der Waals surface area contributed by atoms with Gasteiger partial charge < -0.3 is 15.2 Å². The first-order valence-corrected chi connectivity index (χ1v) is 9.04. The van der Waals surface area contributed by atoms with Crippen molar-refractivity contribution in [3.63, 3.8) is 0 Å². The Kier molecular flexibility index (Phi) is 5.54. The van der Waals surface area contributed by atoms with E-state index < -0.39 is 0 Å². The van der Waals surface area contributed by atoms with Crippen LogP contribution >= 0.6 is 0 Å². The number of nitrogens with zero attached hydrogens (tertiary/aromatic N) is 1. The van der Waals surface area contributed by atoms with Crippen molar-refractivity contribution in [1.29, 1.82) is 0 Å². The van der Waals surface area contributed by atoms with Gasteiger partial charge >= 0.3 is 0 Å². The summed E-state index contributed by atoms with van der Waals surface area (Å²) < 4.78 is 6.49. The highest BCUT2D eigenvalue weighted by Gasteiger charge is 2.41. The molecule has 2 unspecified atom stereocenters. The van der Waals surface area contributed by atoms with E-state index in [2.05, 4.69) is 10.2 Å². The van der Waals surface area contributed by atoms with E-state index in [1.165, 1.54) is 57.8 Å². The van der Waals surface area contributed by atoms with Crippen molar-refractivity contribution in [3.8, 4) is 0 Å². The van der Waals surface area contributed by atoms with Crippen LogP contribution in [0.1, 0.15) is 57.8 Å². The number of hydrogen-bond acceptors (Lipinski definition) is 4. The summed E-state index contributed by atoms with van der Waals surface area (Å²) in [6.07, 6.45) is 12.0. The van der Waals surface area contributed by atoms with Crippen molar-refractivity contribution in [2.45, 2.75) is 75.5 Å². The van der Waals surface area contributed by atoms with Gasteiger partial charge in [0, 0.05) is 25.7 Å². The smallest absolute Gasteiger partial charge is 0.0710 e. The fourth-order valence-corrected chi connectivity index (χ4v) is 4.50. The average Bonchev–Trinajstić information content (AvgIpc) is 3.11. The lowest BCUT2D eigenvalue weighted by atomic mass is 9.83. The van der Waals surface area contributed by atoms with E-state index >= 15 is 0 Å². The van der Waals surface area contributed by atoms with Gasteiger partial charge in [0.05, 0.1) is 18.3 Å². The maximum atomic E-state index is 9.32. The van der Waals surface area contributed by atoms with Gasteiger partial charge in [0.15, 0.2) is 0 Å². The molecule has 2 aliphatic heterocycles. The monoisotopic (exact) mass is 296 g/mol. The molecule has 1 aliphatic carbocycles. The summed E-state index contributed by atoms with van der Waals surface area (Å²) in [6.45, 7) is 4.25. The number of rotatable bonds is 6. The Morgan fingerprint density at radius 3 is 2.62 bits per heavy atom. The first-order valence-electron chi connectivity index (χ1n) is 9.04. The Morgan fingerprint density at radius 1 is 1.05 bits per heavy atom. The van der Waals surface area contributed by atoms with Crippen LogP contribution in [0, 0.1) is 0 Å². The first kappa shape index (κ1) is 15.7. The van der Waals surface area contributed by atoms with Crippen molar-refractivity contribution in [2.24, 2.45) is 0 Å². The quantitative estimate of drug-likeness (QED) is 0.786. The van der Waals surface area contributed by atoms with Crippen LogP contribution in [-0.2, 0) is 4.74 Å². The maximum Gasteiger partial charge on any atom is 0.0710 e. The van der Waals surface area contributed by atoms with E-state index in [4.69, 9.17) is 4.74 Å². The lowest BCUT2D eigenvalue weighted by Crippen LogP contribution is -2.43. The SMILES string of the molecule is OCCN(CC1CCCN1)CC1CCC2(CCCCC2)O1. The standard InChI is InChI=1S/C17H32N2O2/c20-12-11-19(13-15-5-4-10-18-15)14-16-6-9-17(21-16)7-2-1-3-8-17/h15-16,18,20H,1-14H2. The molecule has 0 aromatic carbocycles. The van der Waals surface area contributed by atoms with Crippen molar-refractivity contribution >= 4 is 0 Å². The number of aliphatic hydroxyl groups is 1. The first-order chi connectivity index (χ1) is 10.3. The summed E-state index contributed by atoms with van der Waals surface area (Å²) in [4.78, 5) is 2.41. The second-order valence-electron chi connectivity index (χ2n) is 7.30. The van der Waals surface area contributed by atoms with Crippen molar-refractivity contribution < 1.29 is 9.84 Å². The summed E-state index contributed by atoms with van der Waals surface area (Å²) in [5.74, 6) is 0. The van der Waals surface area contributed by atoms with Crippen LogP contribution in [0.3, 0.4) is 0 Å². The third-order valence-corrected chi connectivity index (χ3v) is 5.62. The molecule has 0 bridgehead atoms. The summed E-state index contributed by atoms with van der Waals surface area (Å²) in [5, 5.41) is 12.9. The molecule has 0 aromatic heterocycles. The normalized spacial score (nSPS) is 32.3. The largest absolute Gasteiger partial charge is 0.395 e. The van der Waals surface area contributed by atoms with Gasteiger partial charge in [-0.3, -0.25) is 4.90 Å². The number of ether oxygens (including phenoxy) is 1. The molecule has 1 spiro atoms. The maximum absolute atomic E-state index is 9.32. The minimum atomic E-state index is 0.222. The van der Waals surface area contributed by atoms with Crippen LogP contribution in [0.2, 0.25) is 0 Å². The molecule has 2 saturated heterocycles. The second-order valence-corrected chi connectivity index (χ2v) is 7.30. The molecule has 122 valence electrons. The summed E-state index contributed by atoms with van der Waals surface area (Å²) in [5.41, 5.74) is 0.222. The molecule has 3 aliphatic rings. The number of nitrogens with one attached hydrogen (secondary N) is 1. The molecule has 0 aromatic rings. The molecule has 4 nitrogen and oxygen atoms in total. The Bertz CT molecular complexity index is 312. The van der Waals surface area contributed by atoms with E-state index in [0.717, 1.165) is 26.2 Å². The molecule has 0 radical (unpaired) electrons. The molecule has 0 amide bonds. The predicted molar refractivity (Wildman–Crippen MR) is 84.5 cm³/mol. The van der Waals surface area contributed by atoms with Crippen LogP contribution in [0.15, 0.2) is 0 Å². The highest BCUT2D eigenvalue weighted by atomic mass is 16.5. The third-order valence-electron chi connectivity index (χ3n) is 5.62. The minimum Gasteiger partial charge on any atom is -0.395 e. The Hall–Kier alpha value is -0.160. The molecule has 4 heteroatoms. The zero-order valence-electron chi connectivity index (χ0n) is 13.4. The van der Waals surface area contributed by atoms with E-state index in [0.29, 0.717) is 12.1 Å². The molecule has 2 heterocycles. The van der Waals surface area contributed by atoms with Gasteiger partial charge in [0.2, 0.25) is 0 Å². The lowest BCUT2D eigenvalue weighted by molar-refractivity contribution is -0.0728. The van der Waals surface area contributed by atoms with Gasteiger partial charge in [-0.2, -0.15) is 0 Å². The van der Waals surface area contributed by atoms with Gasteiger partial charge in [-0.05, 0) is 45.1 Å². The van der Waals surface area contributed by atoms with E-state index in [1.54, 1.807) is 0 Å². The third kappa shape index (κ3) is 4.19. The van der Waals surface area contributed by atoms with Crippen LogP contribution in [0.4, 0.5) is 0 Å². The zero-order valence-corrected chi connectivity index (χ0v) is 13.4. The summed E-state index contributed by atoms with van der Waals surface area (Å²) in [6, 6.07) is 0.613. The van der Waals surface area contributed by atoms with Crippen molar-refractivity contribution in [1.82, 2.24) is 10.2 Å². The van der Waals surface area contributed by atoms with E-state index in [1.807, 2.05) is 0 Å². The number of aliphatic hydroxyl groups excluding tert-OH is 1. The average molecular weight is 296 g/mol. The van der Waals surface area contributed by atoms with Crippen LogP contribution in [0.5, 0.6) is 0 Å². The minimum absolute atomic E-state index is 0.222. The molecule has 2 N–H and O–H groups in total. The topological polar surface area (TPSA) is 44.7 Å². The summed E-state index contributed by atoms with van der Waals surface area (Å²) in [7, 11) is 0. The lowest BCUT2D eigenvalue weighted by Gasteiger charge is -2.34. The molecule has 3 fully saturated rings. The fraction of sp³-hybridized carbons (Fsp3) is 1.00. The molecule has 21 heavy (non-hydrogen) atoms. The Balaban J connectivity index is 1.48. The Morgan fingerprint density at radius 2 is 1.90 bits per heavy atom. The molecule has 2 atom stereocenters. The van der Waals surface area contributed by atoms with E-state index in [-0.39, 0.29) is 12.2 Å². The highest BCUT2D eigenvalue weighted by molar-refractivity contribution is 4.92. The van der Waals surface area contributed by atoms with Crippen molar-refractivity contribution in [3.05, 3.63) is 0 Å². The van der Waals surface area contributed by atoms with Crippen LogP contribution in [-0.4, -0.2) is 60.5 Å². The van der Waals surface area contributed by atoms with Crippen LogP contribution in [0.25, 0.3) is 0 Å². The van der Waals surface area contributed by atoms with Gasteiger partial charge in [-0.15, -0.1) is 0 Å². The fourth-order valence-electron chi connectivity index (χ4n) is 4.50. The van der Waals surface area contributed by atoms with E-state index in [9.17, 15) is 5.11 Å². The zero-order chi connectivity index (χ0) is 14.5. The number of hydrogen-bond donors (Lipinski definition) is 2. The highest BCUT2D eigenvalue weighted by Crippen LogP contribution is 2.42. The van der Waals surface area contributed by atoms with Gasteiger partial charge in [0.1, 0.15) is 0 Å². The molecular formula is C17H32N2O2. The van der Waals surface area contributed by atoms with Gasteiger partial charge in [-0.25, -0.2) is 0 Å². The van der Waals surface area contributed by atoms with Crippen LogP contribution < -0.4 is 5.32 Å². The molecular weight excluding hydrogens is 264 g/mol. The van der Waals surface area contributed by atoms with Crippen molar-refractivity contribution in [2.75, 3.05) is 32.8 Å². The van der Waals surface area contributed by atoms with Gasteiger partial charge in [-0.1, -0.05) is 19.3 Å². The molecule has 3 rings (SSSR count). The van der Waals surface area contributed by atoms with Gasteiger partial charge in [0.25, 0.3) is 0 Å².